The molecule has 0 aliphatic rings. The highest BCUT2D eigenvalue weighted by atomic mass is 32.1. The molecule has 3 N–H and O–H groups in total. The fourth-order valence-corrected chi connectivity index (χ4v) is 5.58. The van der Waals surface area contributed by atoms with Crippen LogP contribution in [0.5, 0.6) is 0 Å². The maximum absolute atomic E-state index is 14.2. The average Bonchev–Trinajstić information content (AvgIpc) is 3.42. The third kappa shape index (κ3) is 4.61. The molecule has 6 aromatic rings. The highest BCUT2D eigenvalue weighted by Gasteiger charge is 2.16. The molecule has 2 aromatic carbocycles. The minimum Gasteiger partial charge on any atom is -0.398 e. The minimum absolute atomic E-state index is 0.238. The number of hydrogen-bond acceptors (Lipinski definition) is 7. The number of hydrogen-bond donors (Lipinski definition) is 2. The van der Waals surface area contributed by atoms with Crippen LogP contribution in [0, 0.1) is 12.7 Å². The van der Waals surface area contributed by atoms with E-state index in [1.165, 1.54) is 17.0 Å². The average molecular weight is 537 g/mol. The second-order valence-corrected chi connectivity index (χ2v) is 10.6. The van der Waals surface area contributed by atoms with Gasteiger partial charge in [0.1, 0.15) is 17.0 Å². The van der Waals surface area contributed by atoms with E-state index in [1.54, 1.807) is 48.9 Å². The third-order valence-corrected chi connectivity index (χ3v) is 8.08. The topological polar surface area (TPSA) is 98.7 Å². The zero-order valence-corrected chi connectivity index (χ0v) is 22.2. The first-order valence-corrected chi connectivity index (χ1v) is 13.3. The summed E-state index contributed by atoms with van der Waals surface area (Å²) in [6.45, 7) is 4.05. The molecule has 0 saturated heterocycles. The van der Waals surface area contributed by atoms with Gasteiger partial charge in [0.15, 0.2) is 0 Å². The molecular weight excluding hydrogens is 511 g/mol. The van der Waals surface area contributed by atoms with Crippen LogP contribution in [0.4, 0.5) is 15.9 Å². The molecule has 0 aliphatic carbocycles. The molecule has 0 unspecified atom stereocenters. The van der Waals surface area contributed by atoms with Crippen LogP contribution in [0.3, 0.4) is 0 Å². The van der Waals surface area contributed by atoms with Gasteiger partial charge in [-0.25, -0.2) is 14.4 Å². The van der Waals surface area contributed by atoms with Crippen LogP contribution in [0.1, 0.15) is 29.0 Å². The number of fused-ring (bicyclic) bond motifs is 2. The van der Waals surface area contributed by atoms with Crippen molar-refractivity contribution in [2.75, 3.05) is 11.1 Å². The Morgan fingerprint density at radius 3 is 2.69 bits per heavy atom. The second kappa shape index (κ2) is 9.92. The van der Waals surface area contributed by atoms with Crippen molar-refractivity contribution in [3.05, 3.63) is 112 Å². The third-order valence-electron chi connectivity index (χ3n) is 6.95. The van der Waals surface area contributed by atoms with Crippen molar-refractivity contribution in [1.82, 2.24) is 19.5 Å². The van der Waals surface area contributed by atoms with Gasteiger partial charge in [-0.3, -0.25) is 14.3 Å². The van der Waals surface area contributed by atoms with Gasteiger partial charge in [-0.15, -0.1) is 11.3 Å². The number of halogens is 1. The zero-order chi connectivity index (χ0) is 27.1. The molecule has 0 amide bonds. The molecule has 0 saturated carbocycles. The number of pyridine rings is 2. The minimum atomic E-state index is -0.399. The van der Waals surface area contributed by atoms with Crippen molar-refractivity contribution >= 4 is 44.6 Å². The Morgan fingerprint density at radius 1 is 1.00 bits per heavy atom. The Bertz CT molecular complexity index is 1910. The monoisotopic (exact) mass is 536 g/mol. The van der Waals surface area contributed by atoms with Crippen LogP contribution < -0.4 is 16.6 Å². The van der Waals surface area contributed by atoms with Gasteiger partial charge in [0.2, 0.25) is 0 Å². The molecule has 9 heteroatoms. The molecule has 1 atom stereocenters. The van der Waals surface area contributed by atoms with E-state index in [-0.39, 0.29) is 11.4 Å². The van der Waals surface area contributed by atoms with Crippen LogP contribution in [0.25, 0.3) is 32.2 Å². The number of nitrogen functional groups attached to an aromatic ring is 1. The molecule has 0 radical (unpaired) electrons. The number of rotatable bonds is 6. The number of nitrogens with two attached hydrogens (primary N) is 1. The maximum Gasteiger partial charge on any atom is 0.265 e. The summed E-state index contributed by atoms with van der Waals surface area (Å²) in [5.41, 5.74) is 10.3. The quantitative estimate of drug-likeness (QED) is 0.259. The van der Waals surface area contributed by atoms with Gasteiger partial charge in [0.05, 0.1) is 29.9 Å². The first-order valence-electron chi connectivity index (χ1n) is 12.5. The van der Waals surface area contributed by atoms with E-state index in [4.69, 9.17) is 5.73 Å². The summed E-state index contributed by atoms with van der Waals surface area (Å²) in [6.07, 6.45) is 4.85. The Hall–Kier alpha value is -4.63. The maximum atomic E-state index is 14.2. The summed E-state index contributed by atoms with van der Waals surface area (Å²) >= 11 is 1.65. The van der Waals surface area contributed by atoms with E-state index >= 15 is 0 Å². The summed E-state index contributed by atoms with van der Waals surface area (Å²) in [4.78, 5) is 29.1. The molecule has 39 heavy (non-hydrogen) atoms. The number of thiophene rings is 1. The highest BCUT2D eigenvalue weighted by Crippen LogP contribution is 2.32. The molecule has 4 heterocycles. The Kier molecular flexibility index (Phi) is 6.28. The number of aromatic nitrogens is 4. The van der Waals surface area contributed by atoms with Gasteiger partial charge in [-0.05, 0) is 73.0 Å². The second-order valence-electron chi connectivity index (χ2n) is 9.45. The number of nitrogens with zero attached hydrogens (tertiary/aromatic N) is 4. The van der Waals surface area contributed by atoms with Crippen molar-refractivity contribution in [3.8, 4) is 10.4 Å². The van der Waals surface area contributed by atoms with E-state index in [1.807, 2.05) is 25.1 Å². The van der Waals surface area contributed by atoms with Crippen LogP contribution in [-0.2, 0) is 6.54 Å². The summed E-state index contributed by atoms with van der Waals surface area (Å²) in [6, 6.07) is 18.3. The number of anilines is 2. The van der Waals surface area contributed by atoms with Crippen LogP contribution in [0.15, 0.2) is 84.2 Å². The van der Waals surface area contributed by atoms with Gasteiger partial charge < -0.3 is 11.1 Å². The summed E-state index contributed by atoms with van der Waals surface area (Å²) in [5.74, 6) is 0.158. The number of benzene rings is 2. The lowest BCUT2D eigenvalue weighted by Gasteiger charge is -2.17. The van der Waals surface area contributed by atoms with Gasteiger partial charge in [-0.2, -0.15) is 0 Å². The van der Waals surface area contributed by atoms with Crippen molar-refractivity contribution in [1.29, 1.82) is 0 Å². The fraction of sp³-hybridized carbons (Fsp3) is 0.133. The molecule has 0 spiro atoms. The van der Waals surface area contributed by atoms with Crippen molar-refractivity contribution in [3.63, 3.8) is 0 Å². The molecule has 0 fully saturated rings. The normalized spacial score (nSPS) is 12.2. The standard InChI is InChI=1S/C30H25FN6OS/c1-17-3-4-19(14-23(17)31)18(2)37-16-36-26-10-12-34-29(28(26)30(37)38)35-15-21-6-8-27(39-21)20-5-7-25-22(13-20)24(32)9-11-33-25/h3-14,16,18H,15H2,1-2H3,(H2,32,33)(H,34,35)/t18-/m0/s1. The zero-order valence-electron chi connectivity index (χ0n) is 21.4. The summed E-state index contributed by atoms with van der Waals surface area (Å²) in [7, 11) is 0. The van der Waals surface area contributed by atoms with Crippen LogP contribution >= 0.6 is 11.3 Å². The van der Waals surface area contributed by atoms with Crippen molar-refractivity contribution in [2.24, 2.45) is 0 Å². The molecule has 6 rings (SSSR count). The van der Waals surface area contributed by atoms with E-state index in [0.29, 0.717) is 40.1 Å². The lowest BCUT2D eigenvalue weighted by atomic mass is 10.1. The summed E-state index contributed by atoms with van der Waals surface area (Å²) < 4.78 is 15.7. The van der Waals surface area contributed by atoms with Crippen molar-refractivity contribution in [2.45, 2.75) is 26.4 Å². The van der Waals surface area contributed by atoms with Crippen molar-refractivity contribution < 1.29 is 4.39 Å². The number of aryl methyl sites for hydroxylation is 1. The Labute approximate surface area is 227 Å². The SMILES string of the molecule is Cc1ccc([C@H](C)n2cnc3ccnc(NCc4ccc(-c5ccc6nccc(N)c6c5)s4)c3c2=O)cc1F. The lowest BCUT2D eigenvalue weighted by Crippen LogP contribution is -2.25. The molecule has 4 aromatic heterocycles. The lowest BCUT2D eigenvalue weighted by molar-refractivity contribution is 0.585. The molecule has 194 valence electrons. The highest BCUT2D eigenvalue weighted by molar-refractivity contribution is 7.15. The smallest absolute Gasteiger partial charge is 0.265 e. The van der Waals surface area contributed by atoms with E-state index in [0.717, 1.165) is 26.2 Å². The molecule has 0 bridgehead atoms. The molecule has 0 aliphatic heterocycles. The van der Waals surface area contributed by atoms with Gasteiger partial charge in [0, 0.05) is 33.2 Å². The van der Waals surface area contributed by atoms with Crippen LogP contribution in [-0.4, -0.2) is 19.5 Å². The summed E-state index contributed by atoms with van der Waals surface area (Å²) in [5, 5.41) is 4.65. The van der Waals surface area contributed by atoms with Crippen LogP contribution in [0.2, 0.25) is 0 Å². The van der Waals surface area contributed by atoms with Gasteiger partial charge in [-0.1, -0.05) is 18.2 Å². The molecule has 7 nitrogen and oxygen atoms in total. The number of nitrogens with one attached hydrogen (secondary N) is 1. The predicted molar refractivity (Wildman–Crippen MR) is 156 cm³/mol. The first kappa shape index (κ1) is 24.7. The van der Waals surface area contributed by atoms with E-state index in [2.05, 4.69) is 38.5 Å². The van der Waals surface area contributed by atoms with E-state index < -0.39 is 6.04 Å². The first-order chi connectivity index (χ1) is 18.9. The molecular formula is C30H25FN6OS. The predicted octanol–water partition coefficient (Wildman–Crippen LogP) is 6.32. The Morgan fingerprint density at radius 2 is 1.85 bits per heavy atom. The van der Waals surface area contributed by atoms with Gasteiger partial charge in [0.25, 0.3) is 5.56 Å². The van der Waals surface area contributed by atoms with Gasteiger partial charge >= 0.3 is 0 Å². The van der Waals surface area contributed by atoms with E-state index in [9.17, 15) is 9.18 Å². The Balaban J connectivity index is 1.28. The largest absolute Gasteiger partial charge is 0.398 e. The fourth-order valence-electron chi connectivity index (χ4n) is 4.64.